The van der Waals surface area contributed by atoms with Crippen molar-refractivity contribution in [3.63, 3.8) is 0 Å². The quantitative estimate of drug-likeness (QED) is 0.158. The molecule has 0 aliphatic carbocycles. The van der Waals surface area contributed by atoms with Gasteiger partial charge in [-0.05, 0) is 112 Å². The molecule has 5 heteroatoms. The highest BCUT2D eigenvalue weighted by molar-refractivity contribution is 6.98. The molecular formula is C54H35BN2O2. The second-order valence-electron chi connectivity index (χ2n) is 15.3. The second kappa shape index (κ2) is 13.4. The van der Waals surface area contributed by atoms with Crippen LogP contribution in [-0.2, 0) is 0 Å². The average molecular weight is 755 g/mol. The fraction of sp³-hybridized carbons (Fsp3) is 0. The van der Waals surface area contributed by atoms with Crippen LogP contribution in [0.4, 0.5) is 17.1 Å². The van der Waals surface area contributed by atoms with Crippen molar-refractivity contribution < 1.29 is 9.47 Å². The van der Waals surface area contributed by atoms with Gasteiger partial charge in [-0.2, -0.15) is 0 Å². The Morgan fingerprint density at radius 3 is 1.51 bits per heavy atom. The van der Waals surface area contributed by atoms with Gasteiger partial charge in [-0.1, -0.05) is 133 Å². The molecule has 59 heavy (non-hydrogen) atoms. The van der Waals surface area contributed by atoms with Crippen LogP contribution in [0.25, 0.3) is 49.7 Å². The van der Waals surface area contributed by atoms with E-state index in [2.05, 4.69) is 204 Å². The number of fused-ring (bicyclic) bond motifs is 7. The zero-order chi connectivity index (χ0) is 38.9. The minimum Gasteiger partial charge on any atom is -0.458 e. The lowest BCUT2D eigenvalue weighted by Crippen LogP contribution is -2.57. The van der Waals surface area contributed by atoms with Crippen LogP contribution in [0, 0.1) is 0 Å². The molecule has 0 atom stereocenters. The molecule has 276 valence electrons. The highest BCUT2D eigenvalue weighted by Crippen LogP contribution is 2.43. The molecule has 0 bridgehead atoms. The average Bonchev–Trinajstić information content (AvgIpc) is 3.62. The molecule has 10 aromatic rings. The van der Waals surface area contributed by atoms with E-state index in [-0.39, 0.29) is 6.71 Å². The van der Waals surface area contributed by atoms with E-state index in [1.54, 1.807) is 0 Å². The molecule has 0 unspecified atom stereocenters. The molecule has 0 fully saturated rings. The van der Waals surface area contributed by atoms with E-state index < -0.39 is 0 Å². The number of para-hydroxylation sites is 2. The summed E-state index contributed by atoms with van der Waals surface area (Å²) >= 11 is 0. The first-order chi connectivity index (χ1) is 29.2. The molecule has 0 radical (unpaired) electrons. The summed E-state index contributed by atoms with van der Waals surface area (Å²) in [6.07, 6.45) is 0. The number of ether oxygens (including phenoxy) is 2. The van der Waals surface area contributed by atoms with E-state index in [0.29, 0.717) is 0 Å². The van der Waals surface area contributed by atoms with E-state index in [0.717, 1.165) is 83.9 Å². The lowest BCUT2D eigenvalue weighted by atomic mass is 9.35. The molecule has 0 saturated heterocycles. The van der Waals surface area contributed by atoms with Crippen LogP contribution in [-0.4, -0.2) is 11.3 Å². The summed E-state index contributed by atoms with van der Waals surface area (Å²) in [4.78, 5) is 2.36. The molecule has 3 heterocycles. The van der Waals surface area contributed by atoms with Crippen molar-refractivity contribution >= 4 is 62.0 Å². The third kappa shape index (κ3) is 5.47. The Morgan fingerprint density at radius 1 is 0.356 bits per heavy atom. The van der Waals surface area contributed by atoms with Gasteiger partial charge in [0.05, 0.1) is 11.0 Å². The number of anilines is 3. The normalized spacial score (nSPS) is 12.3. The number of nitrogens with zero attached hydrogens (tertiary/aromatic N) is 2. The fourth-order valence-electron chi connectivity index (χ4n) is 9.18. The molecule has 9 aromatic carbocycles. The smallest absolute Gasteiger partial charge is 0.260 e. The van der Waals surface area contributed by atoms with Gasteiger partial charge in [0.15, 0.2) is 0 Å². The Balaban J connectivity index is 1.06. The summed E-state index contributed by atoms with van der Waals surface area (Å²) in [7, 11) is 0. The van der Waals surface area contributed by atoms with Crippen LogP contribution >= 0.6 is 0 Å². The van der Waals surface area contributed by atoms with Crippen LogP contribution in [0.5, 0.6) is 23.0 Å². The maximum Gasteiger partial charge on any atom is 0.260 e. The lowest BCUT2D eigenvalue weighted by molar-refractivity contribution is 0.465. The van der Waals surface area contributed by atoms with Crippen molar-refractivity contribution in [1.82, 2.24) is 4.57 Å². The number of hydrogen-bond acceptors (Lipinski definition) is 3. The summed E-state index contributed by atoms with van der Waals surface area (Å²) in [6, 6.07) is 75.6. The molecule has 4 nitrogen and oxygen atoms in total. The molecule has 0 saturated carbocycles. The molecule has 1 aromatic heterocycles. The minimum absolute atomic E-state index is 0.0229. The molecular weight excluding hydrogens is 719 g/mol. The summed E-state index contributed by atoms with van der Waals surface area (Å²) in [5, 5.41) is 2.30. The summed E-state index contributed by atoms with van der Waals surface area (Å²) < 4.78 is 15.6. The first-order valence-electron chi connectivity index (χ1n) is 20.1. The predicted molar refractivity (Wildman–Crippen MR) is 244 cm³/mol. The van der Waals surface area contributed by atoms with Crippen molar-refractivity contribution in [3.8, 4) is 50.9 Å². The molecule has 0 spiro atoms. The molecule has 0 amide bonds. The van der Waals surface area contributed by atoms with Gasteiger partial charge in [-0.3, -0.25) is 0 Å². The van der Waals surface area contributed by atoms with Crippen LogP contribution in [0.2, 0.25) is 0 Å². The Hall–Kier alpha value is -7.76. The number of hydrogen-bond donors (Lipinski definition) is 0. The van der Waals surface area contributed by atoms with Crippen molar-refractivity contribution in [2.45, 2.75) is 0 Å². The standard InChI is InChI=1S/C54H35BN2O2/c1-4-13-36(14-5-1)38-23-27-41(28-24-38)56(42-29-25-39(26-30-42)37-15-6-2-7-16-37)43-31-32-44-45-34-53-47(35-49(45)57(48(44)33-43)40-17-8-3-9-18-40)55-46-19-10-11-20-50(46)58-51-21-12-22-52(59-53)54(51)55/h1-35H. The van der Waals surface area contributed by atoms with Gasteiger partial charge in [0.1, 0.15) is 23.0 Å². The third-order valence-corrected chi connectivity index (χ3v) is 11.9. The lowest BCUT2D eigenvalue weighted by Gasteiger charge is -2.32. The molecule has 12 rings (SSSR count). The van der Waals surface area contributed by atoms with Gasteiger partial charge in [0.25, 0.3) is 6.71 Å². The van der Waals surface area contributed by atoms with Gasteiger partial charge in [0, 0.05) is 39.0 Å². The van der Waals surface area contributed by atoms with E-state index in [9.17, 15) is 0 Å². The first-order valence-corrected chi connectivity index (χ1v) is 20.1. The highest BCUT2D eigenvalue weighted by Gasteiger charge is 2.40. The van der Waals surface area contributed by atoms with E-state index in [1.165, 1.54) is 22.3 Å². The van der Waals surface area contributed by atoms with Crippen molar-refractivity contribution in [2.75, 3.05) is 4.90 Å². The van der Waals surface area contributed by atoms with Crippen LogP contribution in [0.1, 0.15) is 0 Å². The third-order valence-electron chi connectivity index (χ3n) is 11.9. The van der Waals surface area contributed by atoms with E-state index >= 15 is 0 Å². The number of benzene rings is 9. The fourth-order valence-corrected chi connectivity index (χ4v) is 9.18. The van der Waals surface area contributed by atoms with Gasteiger partial charge in [0.2, 0.25) is 0 Å². The van der Waals surface area contributed by atoms with Crippen LogP contribution < -0.4 is 30.8 Å². The molecule has 2 aliphatic rings. The Morgan fingerprint density at radius 2 is 0.864 bits per heavy atom. The second-order valence-corrected chi connectivity index (χ2v) is 15.3. The summed E-state index contributed by atoms with van der Waals surface area (Å²) in [5.41, 5.74) is 14.7. The number of aromatic nitrogens is 1. The largest absolute Gasteiger partial charge is 0.458 e. The highest BCUT2D eigenvalue weighted by atomic mass is 16.5. The van der Waals surface area contributed by atoms with Crippen molar-refractivity contribution in [2.24, 2.45) is 0 Å². The summed E-state index contributed by atoms with van der Waals surface area (Å²) in [6.45, 7) is -0.0229. The summed E-state index contributed by atoms with van der Waals surface area (Å²) in [5.74, 6) is 3.45. The van der Waals surface area contributed by atoms with E-state index in [1.807, 2.05) is 18.2 Å². The Labute approximate surface area is 342 Å². The monoisotopic (exact) mass is 754 g/mol. The zero-order valence-electron chi connectivity index (χ0n) is 32.0. The first kappa shape index (κ1) is 33.4. The Kier molecular flexibility index (Phi) is 7.60. The van der Waals surface area contributed by atoms with Gasteiger partial charge >= 0.3 is 0 Å². The minimum atomic E-state index is -0.0229. The van der Waals surface area contributed by atoms with Crippen molar-refractivity contribution in [3.05, 3.63) is 212 Å². The maximum absolute atomic E-state index is 6.77. The maximum atomic E-state index is 6.77. The van der Waals surface area contributed by atoms with Gasteiger partial charge in [-0.25, -0.2) is 0 Å². The van der Waals surface area contributed by atoms with Gasteiger partial charge < -0.3 is 18.9 Å². The molecule has 0 N–H and O–H groups in total. The van der Waals surface area contributed by atoms with Gasteiger partial charge in [-0.15, -0.1) is 0 Å². The van der Waals surface area contributed by atoms with Crippen LogP contribution in [0.3, 0.4) is 0 Å². The van der Waals surface area contributed by atoms with E-state index in [4.69, 9.17) is 9.47 Å². The predicted octanol–water partition coefficient (Wildman–Crippen LogP) is 12.3. The van der Waals surface area contributed by atoms with Crippen molar-refractivity contribution in [1.29, 1.82) is 0 Å². The topological polar surface area (TPSA) is 26.6 Å². The SMILES string of the molecule is c1ccc(-c2ccc(N(c3ccc(-c4ccccc4)cc3)c3ccc4c5cc6c(cc5n(-c5ccccc5)c4c3)B3c4ccccc4Oc4cccc(c43)O6)cc2)cc1. The number of rotatable bonds is 6. The van der Waals surface area contributed by atoms with Crippen LogP contribution in [0.15, 0.2) is 212 Å². The molecule has 2 aliphatic heterocycles. The zero-order valence-corrected chi connectivity index (χ0v) is 32.0. The Bertz CT molecular complexity index is 3120.